The third-order valence-corrected chi connectivity index (χ3v) is 4.24. The fourth-order valence-electron chi connectivity index (χ4n) is 2.65. The van der Waals surface area contributed by atoms with Crippen LogP contribution >= 0.6 is 0 Å². The van der Waals surface area contributed by atoms with Gasteiger partial charge in [0.05, 0.1) is 0 Å². The molecule has 1 aromatic rings. The van der Waals surface area contributed by atoms with E-state index in [1.54, 1.807) is 25.2 Å². The van der Waals surface area contributed by atoms with Crippen LogP contribution in [-0.2, 0) is 4.79 Å². The first kappa shape index (κ1) is 19.4. The lowest BCUT2D eigenvalue weighted by molar-refractivity contribution is -0.132. The van der Waals surface area contributed by atoms with Crippen molar-refractivity contribution < 1.29 is 13.9 Å². The fraction of sp³-hybridized carbons (Fsp3) is 0.611. The average Bonchev–Trinajstić information content (AvgIpc) is 2.59. The number of likely N-dealkylation sites (tertiary alicyclic amines) is 1. The van der Waals surface area contributed by atoms with Gasteiger partial charge in [-0.2, -0.15) is 0 Å². The summed E-state index contributed by atoms with van der Waals surface area (Å²) in [6.45, 7) is 8.95. The summed E-state index contributed by atoms with van der Waals surface area (Å²) in [7, 11) is 1.68. The quantitative estimate of drug-likeness (QED) is 0.905. The number of carbonyl (C=O) groups excluding carboxylic acids is 1. The molecular formula is C18H29FN2O2. The monoisotopic (exact) mass is 324 g/mol. The van der Waals surface area contributed by atoms with Gasteiger partial charge in [-0.25, -0.2) is 4.39 Å². The Morgan fingerprint density at radius 3 is 2.48 bits per heavy atom. The number of hydrogen-bond acceptors (Lipinski definition) is 3. The zero-order valence-electron chi connectivity index (χ0n) is 14.7. The zero-order chi connectivity index (χ0) is 17.3. The fourth-order valence-corrected chi connectivity index (χ4v) is 2.65. The van der Waals surface area contributed by atoms with E-state index in [1.807, 2.05) is 20.8 Å². The number of halogens is 1. The van der Waals surface area contributed by atoms with Crippen LogP contribution in [0.4, 0.5) is 4.39 Å². The smallest absolute Gasteiger partial charge is 0.225 e. The van der Waals surface area contributed by atoms with Crippen molar-refractivity contribution in [3.8, 4) is 5.75 Å². The lowest BCUT2D eigenvalue weighted by Gasteiger charge is -2.37. The summed E-state index contributed by atoms with van der Waals surface area (Å²) in [5.41, 5.74) is -0.266. The van der Waals surface area contributed by atoms with Crippen molar-refractivity contribution in [2.75, 3.05) is 33.3 Å². The van der Waals surface area contributed by atoms with Gasteiger partial charge in [0.25, 0.3) is 0 Å². The van der Waals surface area contributed by atoms with Gasteiger partial charge < -0.3 is 10.1 Å². The van der Waals surface area contributed by atoms with E-state index in [4.69, 9.17) is 4.74 Å². The first-order valence-corrected chi connectivity index (χ1v) is 8.37. The molecule has 1 amide bonds. The highest BCUT2D eigenvalue weighted by Gasteiger charge is 2.35. The van der Waals surface area contributed by atoms with Gasteiger partial charge >= 0.3 is 0 Å². The highest BCUT2D eigenvalue weighted by Crippen LogP contribution is 2.30. The second kappa shape index (κ2) is 9.50. The van der Waals surface area contributed by atoms with Crippen molar-refractivity contribution in [2.24, 2.45) is 5.41 Å². The molecule has 0 saturated carbocycles. The molecule has 0 aromatic heterocycles. The van der Waals surface area contributed by atoms with Crippen molar-refractivity contribution in [2.45, 2.75) is 33.6 Å². The topological polar surface area (TPSA) is 41.6 Å². The molecule has 0 bridgehead atoms. The van der Waals surface area contributed by atoms with Gasteiger partial charge in [0.1, 0.15) is 6.61 Å². The van der Waals surface area contributed by atoms with Crippen LogP contribution in [0.2, 0.25) is 0 Å². The van der Waals surface area contributed by atoms with Crippen molar-refractivity contribution in [3.63, 3.8) is 0 Å². The molecule has 23 heavy (non-hydrogen) atoms. The van der Waals surface area contributed by atoms with Gasteiger partial charge in [-0.05, 0) is 38.1 Å². The normalized spacial score (nSPS) is 16.9. The molecule has 1 saturated heterocycles. The number of nitrogens with zero attached hydrogens (tertiary/aromatic N) is 1. The number of rotatable bonds is 5. The molecule has 130 valence electrons. The summed E-state index contributed by atoms with van der Waals surface area (Å²) in [6, 6.07) is 6.43. The number of ether oxygens (including phenoxy) is 1. The molecule has 0 spiro atoms. The van der Waals surface area contributed by atoms with Crippen LogP contribution in [0.25, 0.3) is 0 Å². The highest BCUT2D eigenvalue weighted by atomic mass is 19.1. The van der Waals surface area contributed by atoms with E-state index in [1.165, 1.54) is 6.07 Å². The Bertz CT molecular complexity index is 486. The lowest BCUT2D eigenvalue weighted by atomic mass is 9.79. The summed E-state index contributed by atoms with van der Waals surface area (Å²) in [4.78, 5) is 14.1. The molecule has 1 N–H and O–H groups in total. The minimum atomic E-state index is -0.330. The van der Waals surface area contributed by atoms with E-state index in [0.717, 1.165) is 32.5 Å². The number of amides is 1. The third kappa shape index (κ3) is 5.50. The first-order valence-electron chi connectivity index (χ1n) is 8.37. The van der Waals surface area contributed by atoms with Crippen LogP contribution in [0.15, 0.2) is 24.3 Å². The maximum Gasteiger partial charge on any atom is 0.225 e. The van der Waals surface area contributed by atoms with Crippen molar-refractivity contribution in [1.82, 2.24) is 10.2 Å². The van der Waals surface area contributed by atoms with E-state index in [0.29, 0.717) is 12.4 Å². The Balaban J connectivity index is 0.00000127. The molecule has 1 aliphatic rings. The van der Waals surface area contributed by atoms with Crippen LogP contribution in [0.1, 0.15) is 33.6 Å². The summed E-state index contributed by atoms with van der Waals surface area (Å²) >= 11 is 0. The second-order valence-electron chi connectivity index (χ2n) is 5.76. The molecule has 0 aliphatic carbocycles. The number of nitrogens with one attached hydrogen (secondary N) is 1. The Hall–Kier alpha value is -1.62. The number of piperidine rings is 1. The van der Waals surface area contributed by atoms with Crippen LogP contribution < -0.4 is 10.1 Å². The van der Waals surface area contributed by atoms with Gasteiger partial charge in [0.2, 0.25) is 5.91 Å². The van der Waals surface area contributed by atoms with Crippen LogP contribution in [0.5, 0.6) is 5.75 Å². The van der Waals surface area contributed by atoms with E-state index < -0.39 is 0 Å². The van der Waals surface area contributed by atoms with Crippen LogP contribution in [-0.4, -0.2) is 44.1 Å². The maximum absolute atomic E-state index is 13.4. The molecule has 2 rings (SSSR count). The van der Waals surface area contributed by atoms with E-state index >= 15 is 0 Å². The molecule has 0 atom stereocenters. The van der Waals surface area contributed by atoms with E-state index in [2.05, 4.69) is 10.2 Å². The summed E-state index contributed by atoms with van der Waals surface area (Å²) in [5, 5.41) is 2.74. The van der Waals surface area contributed by atoms with Gasteiger partial charge in [-0.1, -0.05) is 32.9 Å². The third-order valence-electron chi connectivity index (χ3n) is 4.24. The number of hydrogen-bond donors (Lipinski definition) is 1. The zero-order valence-corrected chi connectivity index (χ0v) is 14.7. The molecule has 4 nitrogen and oxygen atoms in total. The number of benzene rings is 1. The summed E-state index contributed by atoms with van der Waals surface area (Å²) < 4.78 is 18.9. The predicted molar refractivity (Wildman–Crippen MR) is 91.1 cm³/mol. The van der Waals surface area contributed by atoms with E-state index in [-0.39, 0.29) is 17.1 Å². The highest BCUT2D eigenvalue weighted by molar-refractivity contribution is 5.82. The molecular weight excluding hydrogens is 295 g/mol. The van der Waals surface area contributed by atoms with Gasteiger partial charge in [0, 0.05) is 19.0 Å². The van der Waals surface area contributed by atoms with Crippen LogP contribution in [0, 0.1) is 11.2 Å². The number of para-hydroxylation sites is 1. The summed E-state index contributed by atoms with van der Waals surface area (Å²) in [5.74, 6) is 0.0813. The standard InChI is InChI=1S/C16H23FN2O2.C2H6/c1-16(15(20)18-2)7-9-19(10-8-16)11-12-21-14-6-4-3-5-13(14)17;1-2/h3-6H,7-12H2,1-2H3,(H,18,20);1-2H3. The Labute approximate surface area is 139 Å². The average molecular weight is 324 g/mol. The predicted octanol–water partition coefficient (Wildman–Crippen LogP) is 3.08. The molecule has 1 heterocycles. The molecule has 1 fully saturated rings. The van der Waals surface area contributed by atoms with Crippen molar-refractivity contribution in [1.29, 1.82) is 0 Å². The van der Waals surface area contributed by atoms with Crippen molar-refractivity contribution in [3.05, 3.63) is 30.1 Å². The summed E-state index contributed by atoms with van der Waals surface area (Å²) in [6.07, 6.45) is 1.68. The lowest BCUT2D eigenvalue weighted by Crippen LogP contribution is -2.47. The molecule has 5 heteroatoms. The minimum Gasteiger partial charge on any atom is -0.489 e. The Morgan fingerprint density at radius 2 is 1.91 bits per heavy atom. The van der Waals surface area contributed by atoms with E-state index in [9.17, 15) is 9.18 Å². The molecule has 0 unspecified atom stereocenters. The SMILES string of the molecule is CC.CNC(=O)C1(C)CCN(CCOc2ccccc2F)CC1. The van der Waals surface area contributed by atoms with Crippen molar-refractivity contribution >= 4 is 5.91 Å². The van der Waals surface area contributed by atoms with Gasteiger partial charge in [-0.15, -0.1) is 0 Å². The number of carbonyl (C=O) groups is 1. The second-order valence-corrected chi connectivity index (χ2v) is 5.76. The molecule has 0 radical (unpaired) electrons. The van der Waals surface area contributed by atoms with Crippen LogP contribution in [0.3, 0.4) is 0 Å². The van der Waals surface area contributed by atoms with Gasteiger partial charge in [-0.3, -0.25) is 9.69 Å². The molecule has 1 aromatic carbocycles. The van der Waals surface area contributed by atoms with Gasteiger partial charge in [0.15, 0.2) is 11.6 Å². The minimum absolute atomic E-state index is 0.116. The Morgan fingerprint density at radius 1 is 1.30 bits per heavy atom. The largest absolute Gasteiger partial charge is 0.489 e. The first-order chi connectivity index (χ1) is 11.0. The Kier molecular flexibility index (Phi) is 8.03. The maximum atomic E-state index is 13.4. The molecule has 1 aliphatic heterocycles.